The van der Waals surface area contributed by atoms with Crippen molar-refractivity contribution in [3.63, 3.8) is 0 Å². The molecule has 2 rings (SSSR count). The minimum atomic E-state index is 0.285. The smallest absolute Gasteiger partial charge is 0.0701 e. The van der Waals surface area contributed by atoms with Crippen LogP contribution >= 0.6 is 27.3 Å². The van der Waals surface area contributed by atoms with Crippen LogP contribution in [-0.2, 0) is 0 Å². The molecule has 0 saturated carbocycles. The zero-order valence-corrected chi connectivity index (χ0v) is 14.3. The first-order chi connectivity index (χ1) is 9.02. The van der Waals surface area contributed by atoms with Crippen molar-refractivity contribution in [2.24, 2.45) is 0 Å². The van der Waals surface area contributed by atoms with Crippen molar-refractivity contribution < 1.29 is 0 Å². The fourth-order valence-electron chi connectivity index (χ4n) is 2.71. The molecular formula is C16H20BrNS. The lowest BCUT2D eigenvalue weighted by molar-refractivity contribution is 0.626. The van der Waals surface area contributed by atoms with E-state index in [9.17, 15) is 0 Å². The van der Waals surface area contributed by atoms with Crippen molar-refractivity contribution >= 4 is 27.3 Å². The average molecular weight is 338 g/mol. The zero-order chi connectivity index (χ0) is 14.0. The topological polar surface area (TPSA) is 12.0 Å². The summed E-state index contributed by atoms with van der Waals surface area (Å²) in [5.41, 5.74) is 6.82. The molecule has 1 unspecified atom stereocenters. The highest BCUT2D eigenvalue weighted by molar-refractivity contribution is 9.11. The number of benzene rings is 1. The second kappa shape index (κ2) is 6.21. The highest BCUT2D eigenvalue weighted by Gasteiger charge is 2.18. The molecule has 2 aromatic rings. The van der Waals surface area contributed by atoms with Gasteiger partial charge in [-0.05, 0) is 76.9 Å². The summed E-state index contributed by atoms with van der Waals surface area (Å²) in [6.45, 7) is 9.70. The summed E-state index contributed by atoms with van der Waals surface area (Å²) in [7, 11) is 0. The van der Waals surface area contributed by atoms with E-state index in [2.05, 4.69) is 72.5 Å². The van der Waals surface area contributed by atoms with Crippen molar-refractivity contribution in [2.45, 2.75) is 33.7 Å². The third-order valence-electron chi connectivity index (χ3n) is 3.36. The predicted octanol–water partition coefficient (Wildman–Crippen LogP) is 5.13. The van der Waals surface area contributed by atoms with E-state index in [1.807, 2.05) is 0 Å². The maximum absolute atomic E-state index is 3.62. The van der Waals surface area contributed by atoms with Crippen LogP contribution in [0.4, 0.5) is 0 Å². The number of hydrogen-bond acceptors (Lipinski definition) is 2. The predicted molar refractivity (Wildman–Crippen MR) is 88.2 cm³/mol. The van der Waals surface area contributed by atoms with Crippen LogP contribution < -0.4 is 5.32 Å². The minimum absolute atomic E-state index is 0.285. The molecule has 0 spiro atoms. The molecule has 1 heterocycles. The number of halogens is 1. The van der Waals surface area contributed by atoms with Crippen molar-refractivity contribution in [3.05, 3.63) is 55.2 Å². The van der Waals surface area contributed by atoms with Crippen LogP contribution in [0, 0.1) is 20.8 Å². The first kappa shape index (κ1) is 14.8. The molecule has 0 fully saturated rings. The van der Waals surface area contributed by atoms with E-state index in [1.165, 1.54) is 31.6 Å². The molecule has 102 valence electrons. The molecule has 0 aliphatic rings. The van der Waals surface area contributed by atoms with Crippen LogP contribution in [-0.4, -0.2) is 6.54 Å². The van der Waals surface area contributed by atoms with Gasteiger partial charge in [-0.25, -0.2) is 0 Å². The Labute approximate surface area is 128 Å². The molecule has 1 aromatic carbocycles. The molecule has 0 saturated heterocycles. The van der Waals surface area contributed by atoms with Crippen molar-refractivity contribution in [1.29, 1.82) is 0 Å². The van der Waals surface area contributed by atoms with Gasteiger partial charge in [0.05, 0.1) is 9.83 Å². The molecule has 0 amide bonds. The van der Waals surface area contributed by atoms with Gasteiger partial charge < -0.3 is 5.32 Å². The fourth-order valence-corrected chi connectivity index (χ4v) is 3.91. The Bertz CT molecular complexity index is 551. The van der Waals surface area contributed by atoms with Crippen molar-refractivity contribution in [1.82, 2.24) is 5.32 Å². The van der Waals surface area contributed by atoms with E-state index in [0.717, 1.165) is 6.54 Å². The summed E-state index contributed by atoms with van der Waals surface area (Å²) < 4.78 is 1.19. The molecule has 0 aliphatic heterocycles. The zero-order valence-electron chi connectivity index (χ0n) is 11.9. The maximum atomic E-state index is 3.62. The van der Waals surface area contributed by atoms with Crippen molar-refractivity contribution in [3.8, 4) is 0 Å². The molecule has 0 radical (unpaired) electrons. The van der Waals surface area contributed by atoms with E-state index in [-0.39, 0.29) is 6.04 Å². The quantitative estimate of drug-likeness (QED) is 0.814. The number of aryl methyl sites for hydroxylation is 3. The molecule has 1 aromatic heterocycles. The number of rotatable bonds is 4. The van der Waals surface area contributed by atoms with Gasteiger partial charge in [0.15, 0.2) is 0 Å². The molecule has 1 N–H and O–H groups in total. The van der Waals surface area contributed by atoms with Gasteiger partial charge in [-0.3, -0.25) is 0 Å². The Kier molecular flexibility index (Phi) is 4.82. The lowest BCUT2D eigenvalue weighted by atomic mass is 9.91. The van der Waals surface area contributed by atoms with E-state index in [1.54, 1.807) is 11.3 Å². The molecule has 0 aliphatic carbocycles. The van der Waals surface area contributed by atoms with Gasteiger partial charge in [0.2, 0.25) is 0 Å². The molecule has 19 heavy (non-hydrogen) atoms. The molecular weight excluding hydrogens is 318 g/mol. The summed E-state index contributed by atoms with van der Waals surface area (Å²) in [6, 6.07) is 7.05. The second-order valence-electron chi connectivity index (χ2n) is 4.99. The van der Waals surface area contributed by atoms with E-state index >= 15 is 0 Å². The van der Waals surface area contributed by atoms with Crippen LogP contribution in [0.25, 0.3) is 0 Å². The van der Waals surface area contributed by atoms with Crippen LogP contribution in [0.2, 0.25) is 0 Å². The minimum Gasteiger partial charge on any atom is -0.306 e. The largest absolute Gasteiger partial charge is 0.306 e. The number of nitrogens with one attached hydrogen (secondary N) is 1. The number of thiophene rings is 1. The Morgan fingerprint density at radius 3 is 2.26 bits per heavy atom. The highest BCUT2D eigenvalue weighted by atomic mass is 79.9. The van der Waals surface area contributed by atoms with Gasteiger partial charge in [0.25, 0.3) is 0 Å². The average Bonchev–Trinajstić information content (AvgIpc) is 2.73. The summed E-state index contributed by atoms with van der Waals surface area (Å²) in [5.74, 6) is 0. The Balaban J connectivity index is 2.51. The normalized spacial score (nSPS) is 12.7. The van der Waals surface area contributed by atoms with Crippen molar-refractivity contribution in [2.75, 3.05) is 6.54 Å². The summed E-state index contributed by atoms with van der Waals surface area (Å²) >= 11 is 5.31. The SMILES string of the molecule is CCNC(c1csc(Br)c1)c1c(C)cc(C)cc1C. The van der Waals surface area contributed by atoms with Gasteiger partial charge in [0, 0.05) is 0 Å². The second-order valence-corrected chi connectivity index (χ2v) is 7.28. The Hall–Kier alpha value is -0.640. The summed E-state index contributed by atoms with van der Waals surface area (Å²) in [6.07, 6.45) is 0. The van der Waals surface area contributed by atoms with E-state index < -0.39 is 0 Å². The molecule has 0 bridgehead atoms. The number of hydrogen-bond donors (Lipinski definition) is 1. The highest BCUT2D eigenvalue weighted by Crippen LogP contribution is 2.33. The van der Waals surface area contributed by atoms with E-state index in [4.69, 9.17) is 0 Å². The third kappa shape index (κ3) is 3.28. The van der Waals surface area contributed by atoms with Gasteiger partial charge in [-0.15, -0.1) is 11.3 Å². The molecule has 1 atom stereocenters. The third-order valence-corrected chi connectivity index (χ3v) is 4.88. The fraction of sp³-hybridized carbons (Fsp3) is 0.375. The van der Waals surface area contributed by atoms with Gasteiger partial charge in [0.1, 0.15) is 0 Å². The monoisotopic (exact) mass is 337 g/mol. The summed E-state index contributed by atoms with van der Waals surface area (Å²) in [5, 5.41) is 5.85. The first-order valence-electron chi connectivity index (χ1n) is 6.58. The maximum Gasteiger partial charge on any atom is 0.0701 e. The van der Waals surface area contributed by atoms with Gasteiger partial charge in [-0.2, -0.15) is 0 Å². The van der Waals surface area contributed by atoms with Gasteiger partial charge >= 0.3 is 0 Å². The van der Waals surface area contributed by atoms with E-state index in [0.29, 0.717) is 0 Å². The van der Waals surface area contributed by atoms with Crippen LogP contribution in [0.5, 0.6) is 0 Å². The van der Waals surface area contributed by atoms with Gasteiger partial charge in [-0.1, -0.05) is 24.6 Å². The Morgan fingerprint density at radius 1 is 1.16 bits per heavy atom. The van der Waals surface area contributed by atoms with Crippen LogP contribution in [0.1, 0.15) is 40.8 Å². The lowest BCUT2D eigenvalue weighted by Crippen LogP contribution is -2.23. The Morgan fingerprint density at radius 2 is 1.79 bits per heavy atom. The molecule has 3 heteroatoms. The first-order valence-corrected chi connectivity index (χ1v) is 8.25. The summed E-state index contributed by atoms with van der Waals surface area (Å²) in [4.78, 5) is 0. The van der Waals surface area contributed by atoms with Crippen LogP contribution in [0.3, 0.4) is 0 Å². The lowest BCUT2D eigenvalue weighted by Gasteiger charge is -2.22. The van der Waals surface area contributed by atoms with Crippen LogP contribution in [0.15, 0.2) is 27.4 Å². The molecule has 1 nitrogen and oxygen atoms in total. The standard InChI is InChI=1S/C16H20BrNS/c1-5-18-16(13-8-14(17)19-9-13)15-11(3)6-10(2)7-12(15)4/h6-9,16,18H,5H2,1-4H3.